The first-order valence-corrected chi connectivity index (χ1v) is 11.5. The number of methoxy groups -OCH3 is 1. The average molecular weight is 495 g/mol. The lowest BCUT2D eigenvalue weighted by Gasteiger charge is -2.13. The normalized spacial score (nSPS) is 11.4. The summed E-state index contributed by atoms with van der Waals surface area (Å²) in [5.74, 6) is 2.35. The maximum Gasteiger partial charge on any atom is 0.324 e. The predicted octanol–water partition coefficient (Wildman–Crippen LogP) is 6.53. The van der Waals surface area contributed by atoms with Gasteiger partial charge < -0.3 is 19.9 Å². The number of hydrogen-bond acceptors (Lipinski definition) is 7. The van der Waals surface area contributed by atoms with E-state index in [1.807, 2.05) is 45.0 Å². The Morgan fingerprint density at radius 2 is 1.77 bits per heavy atom. The molecule has 0 unspecified atom stereocenters. The van der Waals surface area contributed by atoms with Crippen molar-refractivity contribution < 1.29 is 14.1 Å². The predicted molar refractivity (Wildman–Crippen MR) is 138 cm³/mol. The molecule has 182 valence electrons. The van der Waals surface area contributed by atoms with Crippen LogP contribution in [-0.4, -0.2) is 28.3 Å². The fourth-order valence-corrected chi connectivity index (χ4v) is 3.65. The summed E-state index contributed by atoms with van der Waals surface area (Å²) in [6, 6.07) is 12.3. The Kier molecular flexibility index (Phi) is 6.79. The van der Waals surface area contributed by atoms with Gasteiger partial charge in [-0.3, -0.25) is 5.32 Å². The molecule has 0 aliphatic rings. The number of hydrogen-bond donors (Lipinski definition) is 3. The zero-order valence-corrected chi connectivity index (χ0v) is 20.9. The van der Waals surface area contributed by atoms with Gasteiger partial charge in [0.25, 0.3) is 0 Å². The van der Waals surface area contributed by atoms with Gasteiger partial charge in [-0.25, -0.2) is 9.78 Å². The van der Waals surface area contributed by atoms with E-state index in [0.29, 0.717) is 23.1 Å². The van der Waals surface area contributed by atoms with Crippen LogP contribution in [0.15, 0.2) is 47.0 Å². The number of halogens is 1. The number of nitrogens with zero attached hydrogens (tertiary/aromatic N) is 3. The van der Waals surface area contributed by atoms with Crippen LogP contribution in [0, 0.1) is 0 Å². The van der Waals surface area contributed by atoms with Crippen LogP contribution in [0.5, 0.6) is 5.75 Å². The molecule has 9 nitrogen and oxygen atoms in total. The van der Waals surface area contributed by atoms with E-state index in [0.717, 1.165) is 34.3 Å². The number of amides is 2. The summed E-state index contributed by atoms with van der Waals surface area (Å²) >= 11 is 6.17. The number of ether oxygens (including phenoxy) is 1. The van der Waals surface area contributed by atoms with Crippen LogP contribution in [0.4, 0.5) is 27.8 Å². The number of carbonyl (C=O) groups excluding carboxylic acids is 1. The third-order valence-electron chi connectivity index (χ3n) is 5.35. The molecule has 0 spiro atoms. The molecule has 2 amide bonds. The zero-order chi connectivity index (χ0) is 25.2. The van der Waals surface area contributed by atoms with E-state index in [1.165, 1.54) is 0 Å². The summed E-state index contributed by atoms with van der Waals surface area (Å²) in [6.07, 6.45) is 0.806. The molecule has 3 N–H and O–H groups in total. The van der Waals surface area contributed by atoms with Gasteiger partial charge in [0.2, 0.25) is 5.28 Å². The molecule has 4 aromatic rings. The fraction of sp³-hybridized carbons (Fsp3) is 0.280. The molecule has 0 radical (unpaired) electrons. The first-order chi connectivity index (χ1) is 16.7. The molecule has 10 heteroatoms. The molecule has 2 aromatic carbocycles. The van der Waals surface area contributed by atoms with Crippen molar-refractivity contribution in [2.45, 2.75) is 39.5 Å². The molecule has 0 aliphatic heterocycles. The van der Waals surface area contributed by atoms with Crippen molar-refractivity contribution in [2.75, 3.05) is 23.1 Å². The van der Waals surface area contributed by atoms with Crippen LogP contribution in [0.25, 0.3) is 10.9 Å². The van der Waals surface area contributed by atoms with Crippen LogP contribution in [0.1, 0.15) is 39.0 Å². The first-order valence-electron chi connectivity index (χ1n) is 11.1. The number of aromatic nitrogens is 3. The maximum absolute atomic E-state index is 12.4. The van der Waals surface area contributed by atoms with Gasteiger partial charge in [0.15, 0.2) is 5.82 Å². The second kappa shape index (κ2) is 9.79. The van der Waals surface area contributed by atoms with Gasteiger partial charge in [-0.2, -0.15) is 4.98 Å². The highest BCUT2D eigenvalue weighted by atomic mass is 35.5. The minimum atomic E-state index is -0.424. The monoisotopic (exact) mass is 494 g/mol. The van der Waals surface area contributed by atoms with Crippen molar-refractivity contribution in [1.82, 2.24) is 15.1 Å². The third-order valence-corrected chi connectivity index (χ3v) is 5.52. The van der Waals surface area contributed by atoms with E-state index >= 15 is 0 Å². The van der Waals surface area contributed by atoms with Gasteiger partial charge in [0.1, 0.15) is 17.3 Å². The third kappa shape index (κ3) is 5.63. The van der Waals surface area contributed by atoms with Gasteiger partial charge >= 0.3 is 6.03 Å². The average Bonchev–Trinajstić information content (AvgIpc) is 3.28. The number of aryl methyl sites for hydroxylation is 1. The second-order valence-corrected chi connectivity index (χ2v) is 9.32. The summed E-state index contributed by atoms with van der Waals surface area (Å²) in [5.41, 5.74) is 2.93. The van der Waals surface area contributed by atoms with Crippen molar-refractivity contribution in [1.29, 1.82) is 0 Å². The summed E-state index contributed by atoms with van der Waals surface area (Å²) in [6.45, 7) is 8.06. The molecule has 0 fully saturated rings. The SMILES string of the molecule is CCc1cc2nc(Cl)nc(Nc3ccc(NC(=O)Nc4cc(C(C)(C)C)on4)cc3)c2cc1OC. The van der Waals surface area contributed by atoms with E-state index in [-0.39, 0.29) is 10.7 Å². The highest BCUT2D eigenvalue weighted by Gasteiger charge is 2.20. The minimum Gasteiger partial charge on any atom is -0.496 e. The smallest absolute Gasteiger partial charge is 0.324 e. The number of rotatable bonds is 6. The molecular formula is C25H27ClN6O3. The number of anilines is 4. The quantitative estimate of drug-likeness (QED) is 0.261. The summed E-state index contributed by atoms with van der Waals surface area (Å²) in [4.78, 5) is 21.1. The summed E-state index contributed by atoms with van der Waals surface area (Å²) < 4.78 is 10.8. The molecule has 0 saturated carbocycles. The van der Waals surface area contributed by atoms with Crippen LogP contribution >= 0.6 is 11.6 Å². The van der Waals surface area contributed by atoms with Crippen LogP contribution in [0.2, 0.25) is 5.28 Å². The Labute approximate surface area is 208 Å². The fourth-order valence-electron chi connectivity index (χ4n) is 3.47. The molecule has 2 aromatic heterocycles. The van der Waals surface area contributed by atoms with Crippen molar-refractivity contribution in [2.24, 2.45) is 0 Å². The molecule has 0 saturated heterocycles. The molecule has 4 rings (SSSR count). The Balaban J connectivity index is 1.47. The summed E-state index contributed by atoms with van der Waals surface area (Å²) in [5, 5.41) is 13.5. The Morgan fingerprint density at radius 3 is 2.40 bits per heavy atom. The molecule has 0 atom stereocenters. The maximum atomic E-state index is 12.4. The highest BCUT2D eigenvalue weighted by molar-refractivity contribution is 6.28. The largest absolute Gasteiger partial charge is 0.496 e. The van der Waals surface area contributed by atoms with E-state index < -0.39 is 6.03 Å². The van der Waals surface area contributed by atoms with Crippen LogP contribution < -0.4 is 20.7 Å². The van der Waals surface area contributed by atoms with Crippen molar-refractivity contribution >= 4 is 51.5 Å². The lowest BCUT2D eigenvalue weighted by molar-refractivity contribution is 0.262. The number of carbonyl (C=O) groups is 1. The van der Waals surface area contributed by atoms with Crippen LogP contribution in [0.3, 0.4) is 0 Å². The second-order valence-electron chi connectivity index (χ2n) is 8.98. The van der Waals surface area contributed by atoms with Crippen molar-refractivity contribution in [3.05, 3.63) is 59.1 Å². The topological polar surface area (TPSA) is 114 Å². The molecule has 35 heavy (non-hydrogen) atoms. The van der Waals surface area contributed by atoms with E-state index in [1.54, 1.807) is 25.3 Å². The number of nitrogens with one attached hydrogen (secondary N) is 3. The highest BCUT2D eigenvalue weighted by Crippen LogP contribution is 2.32. The minimum absolute atomic E-state index is 0.143. The van der Waals surface area contributed by atoms with Gasteiger partial charge in [0, 0.05) is 28.2 Å². The zero-order valence-electron chi connectivity index (χ0n) is 20.2. The van der Waals surface area contributed by atoms with Gasteiger partial charge in [0.05, 0.1) is 12.6 Å². The van der Waals surface area contributed by atoms with Gasteiger partial charge in [-0.1, -0.05) is 32.9 Å². The molecule has 0 bridgehead atoms. The standard InChI is InChI=1S/C25H27ClN6O3/c1-6-14-11-18-17(12-19(14)34-5)22(31-23(26)29-18)27-15-7-9-16(10-8-15)28-24(33)30-21-13-20(35-32-21)25(2,3)4/h7-13H,6H2,1-5H3,(H,27,29,31)(H2,28,30,32,33). The number of benzene rings is 2. The van der Waals surface area contributed by atoms with Gasteiger partial charge in [-0.05, 0) is 60.0 Å². The first kappa shape index (κ1) is 24.3. The van der Waals surface area contributed by atoms with Crippen LogP contribution in [-0.2, 0) is 11.8 Å². The molecule has 0 aliphatic carbocycles. The molecular weight excluding hydrogens is 468 g/mol. The lowest BCUT2D eigenvalue weighted by Crippen LogP contribution is -2.19. The van der Waals surface area contributed by atoms with E-state index in [4.69, 9.17) is 20.9 Å². The number of fused-ring (bicyclic) bond motifs is 1. The Bertz CT molecular complexity index is 1360. The molecule has 2 heterocycles. The Hall–Kier alpha value is -3.85. The van der Waals surface area contributed by atoms with Crippen molar-refractivity contribution in [3.63, 3.8) is 0 Å². The van der Waals surface area contributed by atoms with Crippen molar-refractivity contribution in [3.8, 4) is 5.75 Å². The Morgan fingerprint density at radius 1 is 1.06 bits per heavy atom. The summed E-state index contributed by atoms with van der Waals surface area (Å²) in [7, 11) is 1.64. The van der Waals surface area contributed by atoms with E-state index in [2.05, 4.69) is 38.0 Å². The number of urea groups is 1. The lowest BCUT2D eigenvalue weighted by atomic mass is 9.93. The van der Waals surface area contributed by atoms with E-state index in [9.17, 15) is 4.79 Å². The van der Waals surface area contributed by atoms with Gasteiger partial charge in [-0.15, -0.1) is 0 Å².